The second kappa shape index (κ2) is 7.70. The summed E-state index contributed by atoms with van der Waals surface area (Å²) in [4.78, 5) is 3.30. The molecule has 0 saturated carbocycles. The van der Waals surface area contributed by atoms with Crippen LogP contribution in [-0.2, 0) is 6.18 Å². The highest BCUT2D eigenvalue weighted by Crippen LogP contribution is 2.35. The number of hydrogen-bond donors (Lipinski definition) is 2. The van der Waals surface area contributed by atoms with Crippen molar-refractivity contribution in [3.63, 3.8) is 0 Å². The van der Waals surface area contributed by atoms with E-state index in [-0.39, 0.29) is 11.6 Å². The Kier molecular flexibility index (Phi) is 5.50. The van der Waals surface area contributed by atoms with E-state index in [0.717, 1.165) is 11.9 Å². The second-order valence-electron chi connectivity index (χ2n) is 5.61. The van der Waals surface area contributed by atoms with Crippen molar-refractivity contribution in [3.8, 4) is 17.0 Å². The fraction of sp³-hybridized carbons (Fsp3) is 0.111. The van der Waals surface area contributed by atoms with Crippen molar-refractivity contribution in [3.05, 3.63) is 65.6 Å². The van der Waals surface area contributed by atoms with Crippen LogP contribution in [-0.4, -0.2) is 12.1 Å². The molecule has 3 aromatic rings. The maximum Gasteiger partial charge on any atom is 0.419 e. The van der Waals surface area contributed by atoms with Gasteiger partial charge in [0.25, 0.3) is 0 Å². The molecule has 0 amide bonds. The van der Waals surface area contributed by atoms with E-state index < -0.39 is 34.9 Å². The topological polar surface area (TPSA) is 37.0 Å². The van der Waals surface area contributed by atoms with E-state index in [0.29, 0.717) is 22.4 Å². The lowest BCUT2D eigenvalue weighted by molar-refractivity contribution is -0.140. The highest BCUT2D eigenvalue weighted by Gasteiger charge is 2.35. The summed E-state index contributed by atoms with van der Waals surface area (Å²) in [5.41, 5.74) is -1.50. The summed E-state index contributed by atoms with van der Waals surface area (Å²) in [6.07, 6.45) is -3.52. The van der Waals surface area contributed by atoms with Gasteiger partial charge >= 0.3 is 6.18 Å². The van der Waals surface area contributed by atoms with Gasteiger partial charge < -0.3 is 14.4 Å². The summed E-state index contributed by atoms with van der Waals surface area (Å²) in [5.74, 6) is -2.90. The number of benzene rings is 2. The van der Waals surface area contributed by atoms with Crippen molar-refractivity contribution in [2.75, 3.05) is 11.8 Å². The Balaban J connectivity index is 1.78. The minimum absolute atomic E-state index is 0.0897. The molecule has 0 bridgehead atoms. The van der Waals surface area contributed by atoms with Gasteiger partial charge in [0.05, 0.1) is 18.4 Å². The molecule has 0 atom stereocenters. The molecule has 0 aliphatic rings. The number of alkyl halides is 3. The molecule has 3 rings (SSSR count). The van der Waals surface area contributed by atoms with Crippen LogP contribution in [0.15, 0.2) is 47.5 Å². The molecular formula is C18H12F6N2OS. The summed E-state index contributed by atoms with van der Waals surface area (Å²) in [7, 11) is 1.44. The fourth-order valence-corrected chi connectivity index (χ4v) is 3.06. The summed E-state index contributed by atoms with van der Waals surface area (Å²) in [6, 6.07) is 6.23. The van der Waals surface area contributed by atoms with E-state index >= 15 is 0 Å². The van der Waals surface area contributed by atoms with Crippen molar-refractivity contribution in [1.82, 2.24) is 4.98 Å². The standard InChI is InChI=1S/C18H12F6N2OS/c1-27-9-2-3-13(19)11(4-9)16-5-10(8-25-16)28-26-17-7-14(20)12(6-15(17)21)18(22,23)24/h2-8,25-26H,1H3. The molecule has 10 heteroatoms. The monoisotopic (exact) mass is 418 g/mol. The van der Waals surface area contributed by atoms with Gasteiger partial charge in [-0.05, 0) is 42.3 Å². The third kappa shape index (κ3) is 4.22. The lowest BCUT2D eigenvalue weighted by atomic mass is 10.1. The molecule has 3 nitrogen and oxygen atoms in total. The van der Waals surface area contributed by atoms with Crippen LogP contribution in [0.25, 0.3) is 11.3 Å². The Morgan fingerprint density at radius 2 is 1.71 bits per heavy atom. The first kappa shape index (κ1) is 20.0. The van der Waals surface area contributed by atoms with Crippen molar-refractivity contribution in [1.29, 1.82) is 0 Å². The maximum absolute atomic E-state index is 14.0. The summed E-state index contributed by atoms with van der Waals surface area (Å²) < 4.78 is 86.7. The SMILES string of the molecule is COc1ccc(F)c(-c2cc(SNc3cc(F)c(C(F)(F)F)cc3F)c[nH]2)c1. The van der Waals surface area contributed by atoms with Crippen LogP contribution in [0.3, 0.4) is 0 Å². The van der Waals surface area contributed by atoms with Crippen molar-refractivity contribution in [2.45, 2.75) is 11.1 Å². The molecule has 0 fully saturated rings. The van der Waals surface area contributed by atoms with E-state index in [1.54, 1.807) is 0 Å². The predicted octanol–water partition coefficient (Wildman–Crippen LogP) is 6.25. The lowest BCUT2D eigenvalue weighted by Crippen LogP contribution is -2.09. The van der Waals surface area contributed by atoms with E-state index in [1.165, 1.54) is 37.6 Å². The average molecular weight is 418 g/mol. The zero-order valence-electron chi connectivity index (χ0n) is 14.1. The Hall–Kier alpha value is -2.75. The van der Waals surface area contributed by atoms with Gasteiger partial charge in [0, 0.05) is 28.4 Å². The zero-order chi connectivity index (χ0) is 20.5. The van der Waals surface area contributed by atoms with Gasteiger partial charge in [0.1, 0.15) is 23.2 Å². The first-order valence-corrected chi connectivity index (χ1v) is 8.52. The Labute approximate surface area is 159 Å². The van der Waals surface area contributed by atoms with Crippen LogP contribution in [0.4, 0.5) is 32.0 Å². The highest BCUT2D eigenvalue weighted by molar-refractivity contribution is 8.00. The van der Waals surface area contributed by atoms with Crippen molar-refractivity contribution in [2.24, 2.45) is 0 Å². The van der Waals surface area contributed by atoms with Crippen LogP contribution < -0.4 is 9.46 Å². The van der Waals surface area contributed by atoms with Crippen LogP contribution in [0.1, 0.15) is 5.56 Å². The van der Waals surface area contributed by atoms with Gasteiger partial charge in [-0.15, -0.1) is 0 Å². The molecule has 0 radical (unpaired) electrons. The number of H-pyrrole nitrogens is 1. The molecule has 2 N–H and O–H groups in total. The number of aromatic amines is 1. The normalized spacial score (nSPS) is 11.5. The van der Waals surface area contributed by atoms with E-state index in [9.17, 15) is 26.3 Å². The van der Waals surface area contributed by atoms with Crippen molar-refractivity contribution >= 4 is 17.6 Å². The van der Waals surface area contributed by atoms with Crippen molar-refractivity contribution < 1.29 is 31.1 Å². The van der Waals surface area contributed by atoms with Gasteiger partial charge in [-0.25, -0.2) is 13.2 Å². The number of aromatic nitrogens is 1. The zero-order valence-corrected chi connectivity index (χ0v) is 14.9. The number of nitrogens with one attached hydrogen (secondary N) is 2. The second-order valence-corrected chi connectivity index (χ2v) is 6.49. The Morgan fingerprint density at radius 1 is 0.964 bits per heavy atom. The molecule has 1 heterocycles. The molecule has 0 aliphatic carbocycles. The number of methoxy groups -OCH3 is 1. The summed E-state index contributed by atoms with van der Waals surface area (Å²) >= 11 is 0.818. The summed E-state index contributed by atoms with van der Waals surface area (Å²) in [5, 5.41) is 0. The van der Waals surface area contributed by atoms with E-state index in [2.05, 4.69) is 9.71 Å². The van der Waals surface area contributed by atoms with Gasteiger partial charge in [0.2, 0.25) is 0 Å². The van der Waals surface area contributed by atoms with Gasteiger partial charge in [-0.2, -0.15) is 13.2 Å². The fourth-order valence-electron chi connectivity index (χ4n) is 2.38. The number of rotatable bonds is 5. The minimum Gasteiger partial charge on any atom is -0.497 e. The molecule has 1 aromatic heterocycles. The lowest BCUT2D eigenvalue weighted by Gasteiger charge is -2.11. The third-order valence-electron chi connectivity index (χ3n) is 3.76. The van der Waals surface area contributed by atoms with Gasteiger partial charge in [-0.1, -0.05) is 0 Å². The molecule has 0 aliphatic heterocycles. The highest BCUT2D eigenvalue weighted by atomic mass is 32.2. The van der Waals surface area contributed by atoms with Gasteiger partial charge in [-0.3, -0.25) is 0 Å². The molecule has 2 aromatic carbocycles. The first-order valence-electron chi connectivity index (χ1n) is 7.70. The molecule has 0 spiro atoms. The molecule has 0 saturated heterocycles. The molecule has 0 unspecified atom stereocenters. The number of anilines is 1. The Morgan fingerprint density at radius 3 is 2.39 bits per heavy atom. The van der Waals surface area contributed by atoms with Crippen LogP contribution in [0.5, 0.6) is 5.75 Å². The number of ether oxygens (including phenoxy) is 1. The van der Waals surface area contributed by atoms with Crippen LogP contribution >= 0.6 is 11.9 Å². The van der Waals surface area contributed by atoms with E-state index in [1.807, 2.05) is 0 Å². The molecular weight excluding hydrogens is 406 g/mol. The number of halogens is 6. The minimum atomic E-state index is -4.99. The molecule has 28 heavy (non-hydrogen) atoms. The van der Waals surface area contributed by atoms with Crippen LogP contribution in [0.2, 0.25) is 0 Å². The number of hydrogen-bond acceptors (Lipinski definition) is 3. The molecule has 148 valence electrons. The Bertz CT molecular complexity index is 1000. The van der Waals surface area contributed by atoms with Crippen LogP contribution in [0, 0.1) is 17.5 Å². The summed E-state index contributed by atoms with van der Waals surface area (Å²) in [6.45, 7) is 0. The maximum atomic E-state index is 14.0. The predicted molar refractivity (Wildman–Crippen MR) is 93.6 cm³/mol. The van der Waals surface area contributed by atoms with E-state index in [4.69, 9.17) is 4.74 Å². The first-order chi connectivity index (χ1) is 13.2. The smallest absolute Gasteiger partial charge is 0.419 e. The average Bonchev–Trinajstić information content (AvgIpc) is 3.10. The quantitative estimate of drug-likeness (QED) is 0.380. The third-order valence-corrected chi connectivity index (χ3v) is 4.55. The largest absolute Gasteiger partial charge is 0.497 e. The van der Waals surface area contributed by atoms with Gasteiger partial charge in [0.15, 0.2) is 0 Å².